The van der Waals surface area contributed by atoms with Crippen LogP contribution in [0.4, 0.5) is 16.2 Å². The van der Waals surface area contributed by atoms with E-state index in [1.54, 1.807) is 6.07 Å². The van der Waals surface area contributed by atoms with Gasteiger partial charge in [0.05, 0.1) is 29.4 Å². The quantitative estimate of drug-likeness (QED) is 0.206. The Labute approximate surface area is 244 Å². The molecule has 41 heavy (non-hydrogen) atoms. The molecule has 0 atom stereocenters. The molecular weight excluding hydrogens is 592 g/mol. The predicted molar refractivity (Wildman–Crippen MR) is 158 cm³/mol. The first-order valence-corrected chi connectivity index (χ1v) is 15.4. The molecule has 0 bridgehead atoms. The Kier molecular flexibility index (Phi) is 8.75. The summed E-state index contributed by atoms with van der Waals surface area (Å²) in [6.07, 6.45) is 2.20. The number of carbonyl (C=O) groups is 1. The number of hydrogen-bond acceptors (Lipinski definition) is 10. The molecule has 1 aromatic carbocycles. The van der Waals surface area contributed by atoms with Gasteiger partial charge >= 0.3 is 6.03 Å². The molecule has 4 N–H and O–H groups in total. The minimum Gasteiger partial charge on any atom is -0.494 e. The molecular formula is C26H27ClN6O6S2. The molecule has 1 aliphatic rings. The Morgan fingerprint density at radius 1 is 1.10 bits per heavy atom. The summed E-state index contributed by atoms with van der Waals surface area (Å²) in [7, 11) is -4.09. The number of urea groups is 1. The molecule has 0 aliphatic carbocycles. The van der Waals surface area contributed by atoms with Crippen LogP contribution in [-0.2, 0) is 14.8 Å². The van der Waals surface area contributed by atoms with Gasteiger partial charge in [0.25, 0.3) is 15.6 Å². The summed E-state index contributed by atoms with van der Waals surface area (Å²) < 4.78 is 33.1. The number of fused-ring (bicyclic) bond motifs is 1. The van der Waals surface area contributed by atoms with Gasteiger partial charge in [-0.25, -0.2) is 27.5 Å². The average molecular weight is 619 g/mol. The van der Waals surface area contributed by atoms with Gasteiger partial charge in [0.15, 0.2) is 0 Å². The molecule has 4 aromatic rings. The molecule has 4 heterocycles. The minimum atomic E-state index is -4.09. The fraction of sp³-hybridized carbons (Fsp3) is 0.269. The number of aromatic nitrogens is 2. The van der Waals surface area contributed by atoms with Crippen LogP contribution >= 0.6 is 22.9 Å². The lowest BCUT2D eigenvalue weighted by Crippen LogP contribution is -2.37. The number of hydrogen-bond donors (Lipinski definition) is 4. The van der Waals surface area contributed by atoms with E-state index in [0.29, 0.717) is 10.8 Å². The molecule has 3 aromatic heterocycles. The van der Waals surface area contributed by atoms with E-state index in [4.69, 9.17) is 16.3 Å². The number of ether oxygens (including phenoxy) is 1. The summed E-state index contributed by atoms with van der Waals surface area (Å²) in [5, 5.41) is 17.7. The molecule has 2 amide bonds. The standard InChI is InChI=1S/C26H27ClN6O6S2/c27-21-5-7-24(40-21)41(37,38)31-26(36)30-19-3-6-22(29-16-19)33-23(34)15-17-14-18(2-4-20(17)25(33)35)28-8-1-9-32-10-12-39-13-11-32/h2-7,14-16,28,35H,1,8-13H2,(H2,30,31,36). The number of pyridine rings is 2. The van der Waals surface area contributed by atoms with E-state index in [1.807, 2.05) is 16.9 Å². The molecule has 216 valence electrons. The first-order valence-electron chi connectivity index (χ1n) is 12.7. The van der Waals surface area contributed by atoms with E-state index < -0.39 is 21.6 Å². The van der Waals surface area contributed by atoms with E-state index in [0.717, 1.165) is 67.4 Å². The number of nitrogens with one attached hydrogen (secondary N) is 3. The smallest absolute Gasteiger partial charge is 0.333 e. The van der Waals surface area contributed by atoms with Crippen molar-refractivity contribution in [3.63, 3.8) is 0 Å². The number of halogens is 1. The topological polar surface area (TPSA) is 155 Å². The second-order valence-corrected chi connectivity index (χ2v) is 12.8. The summed E-state index contributed by atoms with van der Waals surface area (Å²) in [4.78, 5) is 31.7. The summed E-state index contributed by atoms with van der Waals surface area (Å²) in [5.74, 6) is -0.162. The van der Waals surface area contributed by atoms with Gasteiger partial charge in [0.1, 0.15) is 10.0 Å². The molecule has 0 radical (unpaired) electrons. The number of sulfonamides is 1. The lowest BCUT2D eigenvalue weighted by Gasteiger charge is -2.26. The molecule has 1 aliphatic heterocycles. The molecule has 1 fully saturated rings. The van der Waals surface area contributed by atoms with Crippen molar-refractivity contribution in [3.8, 4) is 11.7 Å². The molecule has 0 saturated carbocycles. The maximum atomic E-state index is 12.9. The van der Waals surface area contributed by atoms with E-state index >= 15 is 0 Å². The highest BCUT2D eigenvalue weighted by molar-refractivity contribution is 7.92. The van der Waals surface area contributed by atoms with Crippen molar-refractivity contribution in [1.82, 2.24) is 19.2 Å². The number of nitrogens with zero attached hydrogens (tertiary/aromatic N) is 3. The van der Waals surface area contributed by atoms with Crippen molar-refractivity contribution in [2.24, 2.45) is 0 Å². The highest BCUT2D eigenvalue weighted by Crippen LogP contribution is 2.28. The van der Waals surface area contributed by atoms with Crippen LogP contribution < -0.4 is 20.9 Å². The Balaban J connectivity index is 1.24. The third-order valence-corrected chi connectivity index (χ3v) is 9.42. The number of aromatic hydroxyl groups is 1. The molecule has 0 unspecified atom stereocenters. The number of anilines is 2. The van der Waals surface area contributed by atoms with Gasteiger partial charge in [0, 0.05) is 36.8 Å². The lowest BCUT2D eigenvalue weighted by molar-refractivity contribution is 0.0378. The minimum absolute atomic E-state index is 0.107. The van der Waals surface area contributed by atoms with Gasteiger partial charge in [-0.2, -0.15) is 0 Å². The van der Waals surface area contributed by atoms with E-state index in [-0.39, 0.29) is 25.9 Å². The third-order valence-electron chi connectivity index (χ3n) is 6.36. The van der Waals surface area contributed by atoms with Crippen LogP contribution in [0, 0.1) is 0 Å². The molecule has 1 saturated heterocycles. The Morgan fingerprint density at radius 3 is 2.59 bits per heavy atom. The van der Waals surface area contributed by atoms with Crippen molar-refractivity contribution in [3.05, 3.63) is 69.4 Å². The van der Waals surface area contributed by atoms with Gasteiger partial charge in [-0.1, -0.05) is 11.6 Å². The summed E-state index contributed by atoms with van der Waals surface area (Å²) >= 11 is 6.59. The van der Waals surface area contributed by atoms with Crippen LogP contribution in [0.1, 0.15) is 6.42 Å². The second kappa shape index (κ2) is 12.4. The van der Waals surface area contributed by atoms with E-state index in [1.165, 1.54) is 36.5 Å². The number of carbonyl (C=O) groups excluding carboxylic acids is 1. The van der Waals surface area contributed by atoms with Gasteiger partial charge in [-0.05, 0) is 60.8 Å². The predicted octanol–water partition coefficient (Wildman–Crippen LogP) is 3.45. The largest absolute Gasteiger partial charge is 0.494 e. The Bertz CT molecular complexity index is 1720. The van der Waals surface area contributed by atoms with Crippen molar-refractivity contribution < 1.29 is 23.1 Å². The van der Waals surface area contributed by atoms with Crippen LogP contribution in [0.5, 0.6) is 5.88 Å². The number of thiophene rings is 1. The number of morpholine rings is 1. The number of amides is 2. The monoisotopic (exact) mass is 618 g/mol. The first-order chi connectivity index (χ1) is 19.7. The van der Waals surface area contributed by atoms with Crippen molar-refractivity contribution >= 4 is 61.1 Å². The van der Waals surface area contributed by atoms with Crippen molar-refractivity contribution in [2.45, 2.75) is 10.6 Å². The summed E-state index contributed by atoms with van der Waals surface area (Å²) in [5.41, 5.74) is 0.515. The normalized spacial score (nSPS) is 14.2. The molecule has 0 spiro atoms. The molecule has 5 rings (SSSR count). The van der Waals surface area contributed by atoms with Gasteiger partial charge in [-0.3, -0.25) is 9.69 Å². The van der Waals surface area contributed by atoms with Gasteiger partial charge in [-0.15, -0.1) is 11.3 Å². The molecule has 15 heteroatoms. The number of benzene rings is 1. The van der Waals surface area contributed by atoms with E-state index in [9.17, 15) is 23.1 Å². The summed E-state index contributed by atoms with van der Waals surface area (Å²) in [6, 6.07) is 11.3. The second-order valence-electron chi connectivity index (χ2n) is 9.20. The van der Waals surface area contributed by atoms with Gasteiger partial charge in [0.2, 0.25) is 5.88 Å². The van der Waals surface area contributed by atoms with Crippen molar-refractivity contribution in [2.75, 3.05) is 50.0 Å². The zero-order valence-electron chi connectivity index (χ0n) is 21.7. The van der Waals surface area contributed by atoms with Gasteiger partial charge < -0.3 is 20.5 Å². The first kappa shape index (κ1) is 28.8. The lowest BCUT2D eigenvalue weighted by atomic mass is 10.1. The third kappa shape index (κ3) is 6.97. The zero-order chi connectivity index (χ0) is 29.0. The fourth-order valence-electron chi connectivity index (χ4n) is 4.36. The van der Waals surface area contributed by atoms with Crippen LogP contribution in [0.15, 0.2) is 63.7 Å². The Hall–Kier alpha value is -3.69. The number of rotatable bonds is 9. The highest BCUT2D eigenvalue weighted by Gasteiger charge is 2.20. The maximum Gasteiger partial charge on any atom is 0.333 e. The maximum absolute atomic E-state index is 12.9. The highest BCUT2D eigenvalue weighted by atomic mass is 35.5. The van der Waals surface area contributed by atoms with E-state index in [2.05, 4.69) is 20.5 Å². The summed E-state index contributed by atoms with van der Waals surface area (Å²) in [6.45, 7) is 5.17. The average Bonchev–Trinajstić information content (AvgIpc) is 3.39. The SMILES string of the molecule is O=C(Nc1ccc(-n2c(O)c3ccc(NCCCN4CCOCC4)cc3cc2=O)nc1)NS(=O)(=O)c1ccc(Cl)s1. The fourth-order valence-corrected chi connectivity index (χ4v) is 6.75. The van der Waals surface area contributed by atoms with Crippen LogP contribution in [0.2, 0.25) is 4.34 Å². The zero-order valence-corrected chi connectivity index (χ0v) is 24.1. The Morgan fingerprint density at radius 2 is 1.88 bits per heavy atom. The van der Waals surface area contributed by atoms with Crippen molar-refractivity contribution in [1.29, 1.82) is 0 Å². The van der Waals surface area contributed by atoms with Crippen LogP contribution in [0.3, 0.4) is 0 Å². The molecule has 12 nitrogen and oxygen atoms in total. The van der Waals surface area contributed by atoms with Crippen LogP contribution in [0.25, 0.3) is 16.6 Å². The van der Waals surface area contributed by atoms with Crippen LogP contribution in [-0.4, -0.2) is 73.4 Å².